The third kappa shape index (κ3) is 3.01. The molecule has 1 aromatic heterocycles. The molecule has 0 bridgehead atoms. The van der Waals surface area contributed by atoms with E-state index >= 15 is 0 Å². The van der Waals surface area contributed by atoms with Gasteiger partial charge in [-0.25, -0.2) is 0 Å². The summed E-state index contributed by atoms with van der Waals surface area (Å²) in [6.07, 6.45) is 1.02. The van der Waals surface area contributed by atoms with Crippen LogP contribution in [0.5, 0.6) is 0 Å². The molecule has 2 aromatic rings. The Morgan fingerprint density at radius 3 is 3.06 bits per heavy atom. The van der Waals surface area contributed by atoms with E-state index in [1.54, 1.807) is 0 Å². The highest BCUT2D eigenvalue weighted by Crippen LogP contribution is 2.25. The maximum Gasteiger partial charge on any atom is 0.239 e. The predicted octanol–water partition coefficient (Wildman–Crippen LogP) is 2.23. The van der Waals surface area contributed by atoms with Crippen LogP contribution in [0.25, 0.3) is 10.1 Å². The summed E-state index contributed by atoms with van der Waals surface area (Å²) in [7, 11) is 0. The zero-order chi connectivity index (χ0) is 12.1. The molecular weight excluding hydrogens is 234 g/mol. The average molecular weight is 249 g/mol. The average Bonchev–Trinajstić information content (AvgIpc) is 2.73. The molecule has 0 spiro atoms. The van der Waals surface area contributed by atoms with Crippen LogP contribution in [0.15, 0.2) is 24.3 Å². The van der Waals surface area contributed by atoms with Gasteiger partial charge in [-0.15, -0.1) is 0 Å². The standard InChI is InChI=1S/C12H15N3OS/c1-2-7-13-8-11(16)14-12-9-5-3-4-6-10(9)17-15-12/h3-6,13H,2,7-8H2,1H3,(H,14,15,16). The SMILES string of the molecule is CCCNCC(=O)Nc1nsc2ccccc12. The van der Waals surface area contributed by atoms with Crippen LogP contribution >= 0.6 is 11.5 Å². The normalized spacial score (nSPS) is 10.6. The number of hydrogen-bond donors (Lipinski definition) is 2. The molecule has 1 amide bonds. The maximum absolute atomic E-state index is 11.6. The Labute approximate surface area is 104 Å². The summed E-state index contributed by atoms with van der Waals surface area (Å²) in [5.74, 6) is 0.614. The minimum absolute atomic E-state index is 0.0468. The summed E-state index contributed by atoms with van der Waals surface area (Å²) >= 11 is 1.40. The summed E-state index contributed by atoms with van der Waals surface area (Å²) in [6.45, 7) is 3.25. The van der Waals surface area contributed by atoms with E-state index in [1.807, 2.05) is 24.3 Å². The van der Waals surface area contributed by atoms with Gasteiger partial charge in [0.25, 0.3) is 0 Å². The van der Waals surface area contributed by atoms with Gasteiger partial charge in [0.2, 0.25) is 5.91 Å². The number of nitrogens with one attached hydrogen (secondary N) is 2. The number of rotatable bonds is 5. The molecule has 2 N–H and O–H groups in total. The molecule has 0 radical (unpaired) electrons. The lowest BCUT2D eigenvalue weighted by Gasteiger charge is -2.03. The smallest absolute Gasteiger partial charge is 0.239 e. The third-order valence-corrected chi connectivity index (χ3v) is 3.17. The van der Waals surface area contributed by atoms with Crippen molar-refractivity contribution in [2.45, 2.75) is 13.3 Å². The molecule has 0 saturated carbocycles. The van der Waals surface area contributed by atoms with Crippen molar-refractivity contribution in [2.24, 2.45) is 0 Å². The Bertz CT molecular complexity index is 509. The number of anilines is 1. The summed E-state index contributed by atoms with van der Waals surface area (Å²) in [4.78, 5) is 11.6. The first-order chi connectivity index (χ1) is 8.31. The Kier molecular flexibility index (Phi) is 4.06. The first kappa shape index (κ1) is 12.0. The lowest BCUT2D eigenvalue weighted by atomic mass is 10.2. The van der Waals surface area contributed by atoms with E-state index in [2.05, 4.69) is 21.9 Å². The molecule has 2 rings (SSSR count). The van der Waals surface area contributed by atoms with Crippen molar-refractivity contribution in [3.63, 3.8) is 0 Å². The van der Waals surface area contributed by atoms with Gasteiger partial charge < -0.3 is 10.6 Å². The second kappa shape index (κ2) is 5.75. The van der Waals surface area contributed by atoms with Crippen LogP contribution in [0.2, 0.25) is 0 Å². The first-order valence-electron chi connectivity index (χ1n) is 5.66. The largest absolute Gasteiger partial charge is 0.308 e. The Balaban J connectivity index is 2.01. The summed E-state index contributed by atoms with van der Waals surface area (Å²) in [5.41, 5.74) is 0. The molecule has 0 fully saturated rings. The van der Waals surface area contributed by atoms with Crippen molar-refractivity contribution >= 4 is 33.3 Å². The lowest BCUT2D eigenvalue weighted by Crippen LogP contribution is -2.28. The molecule has 0 atom stereocenters. The summed E-state index contributed by atoms with van der Waals surface area (Å²) < 4.78 is 5.33. The fourth-order valence-electron chi connectivity index (χ4n) is 1.53. The molecule has 17 heavy (non-hydrogen) atoms. The topological polar surface area (TPSA) is 54.0 Å². The maximum atomic E-state index is 11.6. The van der Waals surface area contributed by atoms with Gasteiger partial charge in [0.1, 0.15) is 0 Å². The van der Waals surface area contributed by atoms with Crippen molar-refractivity contribution in [1.29, 1.82) is 0 Å². The number of nitrogens with zero attached hydrogens (tertiary/aromatic N) is 1. The van der Waals surface area contributed by atoms with E-state index in [0.717, 1.165) is 23.1 Å². The molecule has 1 aromatic carbocycles. The van der Waals surface area contributed by atoms with Gasteiger partial charge in [-0.05, 0) is 36.6 Å². The van der Waals surface area contributed by atoms with Crippen molar-refractivity contribution in [3.8, 4) is 0 Å². The first-order valence-corrected chi connectivity index (χ1v) is 6.43. The molecule has 0 aliphatic rings. The van der Waals surface area contributed by atoms with Crippen LogP contribution in [0.4, 0.5) is 5.82 Å². The highest BCUT2D eigenvalue weighted by Gasteiger charge is 2.08. The second-order valence-electron chi connectivity index (χ2n) is 3.75. The minimum atomic E-state index is -0.0468. The van der Waals surface area contributed by atoms with E-state index < -0.39 is 0 Å². The van der Waals surface area contributed by atoms with E-state index in [1.165, 1.54) is 11.5 Å². The van der Waals surface area contributed by atoms with Gasteiger partial charge in [-0.1, -0.05) is 19.1 Å². The quantitative estimate of drug-likeness (QED) is 0.799. The number of carbonyl (C=O) groups excluding carboxylic acids is 1. The van der Waals surface area contributed by atoms with E-state index in [4.69, 9.17) is 0 Å². The zero-order valence-electron chi connectivity index (χ0n) is 9.69. The van der Waals surface area contributed by atoms with E-state index in [9.17, 15) is 4.79 Å². The Hall–Kier alpha value is -1.46. The monoisotopic (exact) mass is 249 g/mol. The van der Waals surface area contributed by atoms with Gasteiger partial charge >= 0.3 is 0 Å². The van der Waals surface area contributed by atoms with Gasteiger partial charge in [0, 0.05) is 5.39 Å². The molecule has 5 heteroatoms. The Morgan fingerprint density at radius 1 is 1.41 bits per heavy atom. The number of benzene rings is 1. The van der Waals surface area contributed by atoms with Crippen molar-refractivity contribution in [1.82, 2.24) is 9.69 Å². The molecule has 0 unspecified atom stereocenters. The van der Waals surface area contributed by atoms with Crippen LogP contribution in [-0.2, 0) is 4.79 Å². The van der Waals surface area contributed by atoms with Crippen LogP contribution in [-0.4, -0.2) is 23.4 Å². The van der Waals surface area contributed by atoms with Crippen molar-refractivity contribution in [3.05, 3.63) is 24.3 Å². The van der Waals surface area contributed by atoms with Gasteiger partial charge in [-0.2, -0.15) is 4.37 Å². The van der Waals surface area contributed by atoms with Gasteiger partial charge in [0.05, 0.1) is 11.2 Å². The number of carbonyl (C=O) groups is 1. The molecule has 1 heterocycles. The van der Waals surface area contributed by atoms with Crippen LogP contribution in [0, 0.1) is 0 Å². The van der Waals surface area contributed by atoms with Crippen molar-refractivity contribution < 1.29 is 4.79 Å². The molecule has 90 valence electrons. The zero-order valence-corrected chi connectivity index (χ0v) is 10.5. The fourth-order valence-corrected chi connectivity index (χ4v) is 2.27. The van der Waals surface area contributed by atoms with Crippen LogP contribution < -0.4 is 10.6 Å². The summed E-state index contributed by atoms with van der Waals surface area (Å²) in [6, 6.07) is 7.88. The highest BCUT2D eigenvalue weighted by atomic mass is 32.1. The predicted molar refractivity (Wildman–Crippen MR) is 71.4 cm³/mol. The third-order valence-electron chi connectivity index (χ3n) is 2.35. The van der Waals surface area contributed by atoms with Crippen LogP contribution in [0.3, 0.4) is 0 Å². The van der Waals surface area contributed by atoms with Crippen LogP contribution in [0.1, 0.15) is 13.3 Å². The van der Waals surface area contributed by atoms with E-state index in [0.29, 0.717) is 12.4 Å². The van der Waals surface area contributed by atoms with Gasteiger partial charge in [-0.3, -0.25) is 4.79 Å². The second-order valence-corrected chi connectivity index (χ2v) is 4.56. The molecular formula is C12H15N3OS. The number of aromatic nitrogens is 1. The number of amides is 1. The number of hydrogen-bond acceptors (Lipinski definition) is 4. The highest BCUT2D eigenvalue weighted by molar-refractivity contribution is 7.13. The lowest BCUT2D eigenvalue weighted by molar-refractivity contribution is -0.115. The Morgan fingerprint density at radius 2 is 2.24 bits per heavy atom. The molecule has 4 nitrogen and oxygen atoms in total. The molecule has 0 saturated heterocycles. The fraction of sp³-hybridized carbons (Fsp3) is 0.333. The van der Waals surface area contributed by atoms with Gasteiger partial charge in [0.15, 0.2) is 5.82 Å². The van der Waals surface area contributed by atoms with Crippen molar-refractivity contribution in [2.75, 3.05) is 18.4 Å². The summed E-state index contributed by atoms with van der Waals surface area (Å²) in [5, 5.41) is 6.88. The van der Waals surface area contributed by atoms with E-state index in [-0.39, 0.29) is 5.91 Å². The molecule has 0 aliphatic heterocycles. The molecule has 0 aliphatic carbocycles. The number of fused-ring (bicyclic) bond motifs is 1. The minimum Gasteiger partial charge on any atom is -0.308 e.